The molecule has 0 saturated carbocycles. The molecular weight excluding hydrogens is 383 g/mol. The number of nitrogens with zero attached hydrogens (tertiary/aromatic N) is 2. The number of anilines is 1. The van der Waals surface area contributed by atoms with Gasteiger partial charge in [0.15, 0.2) is 0 Å². The molecule has 0 amide bonds. The van der Waals surface area contributed by atoms with E-state index in [-0.39, 0.29) is 11.9 Å². The van der Waals surface area contributed by atoms with Gasteiger partial charge in [0.25, 0.3) is 0 Å². The van der Waals surface area contributed by atoms with Crippen LogP contribution in [0.25, 0.3) is 0 Å². The Morgan fingerprint density at radius 3 is 2.60 bits per heavy atom. The third-order valence-electron chi connectivity index (χ3n) is 4.26. The summed E-state index contributed by atoms with van der Waals surface area (Å²) in [4.78, 5) is 0. The lowest BCUT2D eigenvalue weighted by Gasteiger charge is -2.24. The van der Waals surface area contributed by atoms with E-state index in [1.54, 1.807) is 6.07 Å². The topological polar surface area (TPSA) is 28.7 Å². The van der Waals surface area contributed by atoms with Gasteiger partial charge in [-0.05, 0) is 55.0 Å². The van der Waals surface area contributed by atoms with Gasteiger partial charge < -0.3 is 4.42 Å². The van der Waals surface area contributed by atoms with Crippen molar-refractivity contribution in [2.75, 3.05) is 5.01 Å². The second-order valence-corrected chi connectivity index (χ2v) is 6.97. The van der Waals surface area contributed by atoms with Gasteiger partial charge in [0.1, 0.15) is 23.0 Å². The number of hydrogen-bond donors (Lipinski definition) is 0. The molecule has 0 fully saturated rings. The Morgan fingerprint density at radius 2 is 1.92 bits per heavy atom. The zero-order valence-corrected chi connectivity index (χ0v) is 15.2. The Bertz CT molecular complexity index is 933. The summed E-state index contributed by atoms with van der Waals surface area (Å²) in [5, 5.41) is 6.62. The van der Waals surface area contributed by atoms with E-state index in [9.17, 15) is 4.39 Å². The van der Waals surface area contributed by atoms with E-state index in [2.05, 4.69) is 28.1 Å². The van der Waals surface area contributed by atoms with Crippen LogP contribution in [0.1, 0.15) is 29.5 Å². The lowest BCUT2D eigenvalue weighted by Crippen LogP contribution is -2.18. The SMILES string of the molecule is Cc1ccc(C2=NN(c3cccc(F)c3)[C@@H](c3ccc(Br)cc3)C2)o1. The number of halogens is 2. The summed E-state index contributed by atoms with van der Waals surface area (Å²) in [6.45, 7) is 1.91. The lowest BCUT2D eigenvalue weighted by molar-refractivity contribution is 0.524. The zero-order valence-electron chi connectivity index (χ0n) is 13.6. The number of rotatable bonds is 3. The fourth-order valence-electron chi connectivity index (χ4n) is 3.05. The molecule has 2 aromatic carbocycles. The molecule has 0 spiro atoms. The molecule has 1 aromatic heterocycles. The van der Waals surface area contributed by atoms with Crippen LogP contribution in [0.2, 0.25) is 0 Å². The van der Waals surface area contributed by atoms with Gasteiger partial charge in [-0.25, -0.2) is 4.39 Å². The molecule has 5 heteroatoms. The van der Waals surface area contributed by atoms with Crippen molar-refractivity contribution in [1.29, 1.82) is 0 Å². The first-order valence-corrected chi connectivity index (χ1v) is 8.84. The minimum Gasteiger partial charge on any atom is -0.460 e. The van der Waals surface area contributed by atoms with Crippen molar-refractivity contribution in [3.8, 4) is 0 Å². The van der Waals surface area contributed by atoms with Crippen molar-refractivity contribution < 1.29 is 8.81 Å². The molecule has 0 radical (unpaired) electrons. The standard InChI is InChI=1S/C20H16BrFN2O/c1-13-5-10-20(25-13)18-12-19(14-6-8-15(21)9-7-14)24(23-18)17-4-2-3-16(22)11-17/h2-11,19H,12H2,1H3/t19-/m1/s1. The monoisotopic (exact) mass is 398 g/mol. The Hall–Kier alpha value is -2.40. The maximum absolute atomic E-state index is 13.7. The Morgan fingerprint density at radius 1 is 1.12 bits per heavy atom. The minimum absolute atomic E-state index is 0.00435. The van der Waals surface area contributed by atoms with Crippen molar-refractivity contribution in [1.82, 2.24) is 0 Å². The van der Waals surface area contributed by atoms with E-state index in [1.807, 2.05) is 42.3 Å². The predicted molar refractivity (Wildman–Crippen MR) is 100 cm³/mol. The minimum atomic E-state index is -0.274. The van der Waals surface area contributed by atoms with Gasteiger partial charge in [0, 0.05) is 10.9 Å². The molecule has 1 atom stereocenters. The number of furan rings is 1. The van der Waals surface area contributed by atoms with Crippen LogP contribution in [0, 0.1) is 12.7 Å². The summed E-state index contributed by atoms with van der Waals surface area (Å²) >= 11 is 3.47. The van der Waals surface area contributed by atoms with Crippen LogP contribution >= 0.6 is 15.9 Å². The van der Waals surface area contributed by atoms with Gasteiger partial charge in [-0.2, -0.15) is 5.10 Å². The van der Waals surface area contributed by atoms with Crippen LogP contribution < -0.4 is 5.01 Å². The van der Waals surface area contributed by atoms with Crippen LogP contribution in [0.5, 0.6) is 0 Å². The van der Waals surface area contributed by atoms with Crippen LogP contribution in [0.3, 0.4) is 0 Å². The van der Waals surface area contributed by atoms with Gasteiger partial charge in [-0.3, -0.25) is 5.01 Å². The van der Waals surface area contributed by atoms with Crippen LogP contribution in [-0.4, -0.2) is 5.71 Å². The Kier molecular flexibility index (Phi) is 4.17. The van der Waals surface area contributed by atoms with Crippen molar-refractivity contribution in [2.24, 2.45) is 5.10 Å². The summed E-state index contributed by atoms with van der Waals surface area (Å²) in [5.74, 6) is 1.34. The predicted octanol–water partition coefficient (Wildman–Crippen LogP) is 5.85. The van der Waals surface area contributed by atoms with E-state index >= 15 is 0 Å². The maximum Gasteiger partial charge on any atom is 0.150 e. The molecule has 0 unspecified atom stereocenters. The summed E-state index contributed by atoms with van der Waals surface area (Å²) in [6, 6.07) is 18.5. The van der Waals surface area contributed by atoms with Gasteiger partial charge in [-0.15, -0.1) is 0 Å². The zero-order chi connectivity index (χ0) is 17.4. The summed E-state index contributed by atoms with van der Waals surface area (Å²) in [5.41, 5.74) is 2.71. The quantitative estimate of drug-likeness (QED) is 0.553. The van der Waals surface area contributed by atoms with Crippen LogP contribution in [-0.2, 0) is 0 Å². The molecule has 126 valence electrons. The number of hydrazone groups is 1. The van der Waals surface area contributed by atoms with E-state index < -0.39 is 0 Å². The second kappa shape index (κ2) is 6.48. The normalized spacial score (nSPS) is 17.0. The van der Waals surface area contributed by atoms with Crippen molar-refractivity contribution in [3.63, 3.8) is 0 Å². The van der Waals surface area contributed by atoms with E-state index in [0.29, 0.717) is 6.42 Å². The highest BCUT2D eigenvalue weighted by Gasteiger charge is 2.31. The smallest absolute Gasteiger partial charge is 0.150 e. The average molecular weight is 399 g/mol. The highest BCUT2D eigenvalue weighted by Crippen LogP contribution is 2.37. The summed E-state index contributed by atoms with van der Waals surface area (Å²) < 4.78 is 20.5. The second-order valence-electron chi connectivity index (χ2n) is 6.05. The maximum atomic E-state index is 13.7. The molecule has 1 aliphatic rings. The molecule has 0 aliphatic carbocycles. The molecule has 1 aliphatic heterocycles. The Labute approximate surface area is 153 Å². The molecule has 0 saturated heterocycles. The molecule has 3 nitrogen and oxygen atoms in total. The molecule has 2 heterocycles. The third-order valence-corrected chi connectivity index (χ3v) is 4.79. The fraction of sp³-hybridized carbons (Fsp3) is 0.150. The third kappa shape index (κ3) is 3.24. The Balaban J connectivity index is 1.76. The highest BCUT2D eigenvalue weighted by molar-refractivity contribution is 9.10. The molecule has 4 rings (SSSR count). The van der Waals surface area contributed by atoms with Gasteiger partial charge in [0.05, 0.1) is 11.7 Å². The van der Waals surface area contributed by atoms with Crippen LogP contribution in [0.15, 0.2) is 74.7 Å². The largest absolute Gasteiger partial charge is 0.460 e. The average Bonchev–Trinajstić information content (AvgIpc) is 3.22. The van der Waals surface area contributed by atoms with Gasteiger partial charge in [0.2, 0.25) is 0 Å². The van der Waals surface area contributed by atoms with Crippen LogP contribution in [0.4, 0.5) is 10.1 Å². The van der Waals surface area contributed by atoms with E-state index in [0.717, 1.165) is 33.0 Å². The first kappa shape index (κ1) is 16.1. The molecule has 25 heavy (non-hydrogen) atoms. The van der Waals surface area contributed by atoms with E-state index in [4.69, 9.17) is 9.52 Å². The number of aryl methyl sites for hydroxylation is 1. The lowest BCUT2D eigenvalue weighted by atomic mass is 10.0. The van der Waals surface area contributed by atoms with Crippen molar-refractivity contribution >= 4 is 27.3 Å². The number of hydrogen-bond acceptors (Lipinski definition) is 3. The first-order valence-electron chi connectivity index (χ1n) is 8.05. The summed E-state index contributed by atoms with van der Waals surface area (Å²) in [6.07, 6.45) is 0.700. The van der Waals surface area contributed by atoms with Gasteiger partial charge >= 0.3 is 0 Å². The molecular formula is C20H16BrFN2O. The fourth-order valence-corrected chi connectivity index (χ4v) is 3.31. The molecule has 0 bridgehead atoms. The summed E-state index contributed by atoms with van der Waals surface area (Å²) in [7, 11) is 0. The highest BCUT2D eigenvalue weighted by atomic mass is 79.9. The number of benzene rings is 2. The van der Waals surface area contributed by atoms with E-state index in [1.165, 1.54) is 12.1 Å². The molecule has 3 aromatic rings. The van der Waals surface area contributed by atoms with Gasteiger partial charge in [-0.1, -0.05) is 34.1 Å². The van der Waals surface area contributed by atoms with Crippen molar-refractivity contribution in [2.45, 2.75) is 19.4 Å². The van der Waals surface area contributed by atoms with Crippen molar-refractivity contribution in [3.05, 3.63) is 88.0 Å². The first-order chi connectivity index (χ1) is 12.1. The molecule has 0 N–H and O–H groups in total.